The van der Waals surface area contributed by atoms with Gasteiger partial charge in [0.25, 0.3) is 0 Å². The third-order valence-corrected chi connectivity index (χ3v) is 8.40. The molecule has 3 aliphatic carbocycles. The maximum atomic E-state index is 13.1. The molecule has 1 heterocycles. The lowest BCUT2D eigenvalue weighted by atomic mass is 9.42. The van der Waals surface area contributed by atoms with E-state index in [1.807, 2.05) is 0 Å². The van der Waals surface area contributed by atoms with Crippen molar-refractivity contribution in [1.29, 1.82) is 0 Å². The van der Waals surface area contributed by atoms with Gasteiger partial charge in [-0.1, -0.05) is 27.2 Å². The van der Waals surface area contributed by atoms with Gasteiger partial charge in [-0.3, -0.25) is 14.4 Å². The fraction of sp³-hybridized carbons (Fsp3) is 0.720. The number of rotatable bonds is 3. The third kappa shape index (κ3) is 3.44. The molecule has 7 heteroatoms. The summed E-state index contributed by atoms with van der Waals surface area (Å²) in [6, 6.07) is 1.80. The van der Waals surface area contributed by atoms with Gasteiger partial charge in [-0.25, -0.2) is 0 Å². The molecule has 7 nitrogen and oxygen atoms in total. The molecular formula is C25H34O7. The van der Waals surface area contributed by atoms with E-state index < -0.39 is 36.0 Å². The highest BCUT2D eigenvalue weighted by Gasteiger charge is 2.67. The molecule has 0 amide bonds. The number of fused-ring (bicyclic) bond motifs is 4. The quantitative estimate of drug-likeness (QED) is 0.511. The van der Waals surface area contributed by atoms with Crippen molar-refractivity contribution in [2.75, 3.05) is 7.11 Å². The summed E-state index contributed by atoms with van der Waals surface area (Å²) < 4.78 is 22.9. The molecule has 2 fully saturated rings. The molecule has 7 atom stereocenters. The van der Waals surface area contributed by atoms with Crippen LogP contribution in [0.4, 0.5) is 0 Å². The van der Waals surface area contributed by atoms with Crippen LogP contribution in [0.15, 0.2) is 16.7 Å². The Bertz CT molecular complexity index is 915. The first-order valence-corrected chi connectivity index (χ1v) is 11.5. The molecule has 0 bridgehead atoms. The first kappa shape index (κ1) is 22.9. The Morgan fingerprint density at radius 1 is 1.03 bits per heavy atom. The molecule has 1 aromatic rings. The van der Waals surface area contributed by atoms with Gasteiger partial charge < -0.3 is 18.6 Å². The van der Waals surface area contributed by atoms with Crippen LogP contribution in [0.2, 0.25) is 0 Å². The van der Waals surface area contributed by atoms with Crippen LogP contribution in [-0.2, 0) is 35.0 Å². The van der Waals surface area contributed by atoms with Crippen LogP contribution in [0.25, 0.3) is 0 Å². The second-order valence-electron chi connectivity index (χ2n) is 10.7. The Morgan fingerprint density at radius 2 is 1.69 bits per heavy atom. The Labute approximate surface area is 189 Å². The van der Waals surface area contributed by atoms with E-state index in [0.717, 1.165) is 30.6 Å². The minimum Gasteiger partial charge on any atom is -0.469 e. The molecule has 0 N–H and O–H groups in total. The summed E-state index contributed by atoms with van der Waals surface area (Å²) in [5.74, 6) is -1.53. The molecular weight excluding hydrogens is 412 g/mol. The third-order valence-electron chi connectivity index (χ3n) is 8.40. The van der Waals surface area contributed by atoms with Gasteiger partial charge in [0.05, 0.1) is 19.3 Å². The highest BCUT2D eigenvalue weighted by atomic mass is 16.6. The van der Waals surface area contributed by atoms with Crippen LogP contribution in [0.1, 0.15) is 71.1 Å². The number of carbonyl (C=O) groups is 3. The van der Waals surface area contributed by atoms with E-state index in [9.17, 15) is 14.4 Å². The summed E-state index contributed by atoms with van der Waals surface area (Å²) in [7, 11) is 1.37. The number of methoxy groups -OCH3 is 1. The summed E-state index contributed by atoms with van der Waals surface area (Å²) in [5.41, 5.74) is 0.398. The summed E-state index contributed by atoms with van der Waals surface area (Å²) in [6.45, 7) is 9.40. The molecule has 0 aliphatic heterocycles. The second kappa shape index (κ2) is 7.92. The highest BCUT2D eigenvalue weighted by molar-refractivity contribution is 5.80. The zero-order chi connectivity index (χ0) is 23.4. The number of carbonyl (C=O) groups excluding carboxylic acids is 3. The smallest absolute Gasteiger partial charge is 0.313 e. The van der Waals surface area contributed by atoms with E-state index in [0.29, 0.717) is 6.42 Å². The first-order chi connectivity index (χ1) is 15.0. The van der Waals surface area contributed by atoms with Crippen LogP contribution in [0, 0.1) is 28.6 Å². The highest BCUT2D eigenvalue weighted by Crippen LogP contribution is 2.66. The zero-order valence-electron chi connectivity index (χ0n) is 19.8. The van der Waals surface area contributed by atoms with Gasteiger partial charge >= 0.3 is 17.9 Å². The SMILES string of the molecule is COC(=O)C1c2ccoc2CC2C1C(OC(C)=O)C(OC(C)=O)C1C(C)(C)CCCC21C. The molecule has 32 heavy (non-hydrogen) atoms. The van der Waals surface area contributed by atoms with E-state index in [-0.39, 0.29) is 28.6 Å². The minimum absolute atomic E-state index is 0.00554. The lowest BCUT2D eigenvalue weighted by Gasteiger charge is -2.64. The van der Waals surface area contributed by atoms with Crippen LogP contribution in [-0.4, -0.2) is 37.2 Å². The number of ether oxygens (including phenoxy) is 3. The Kier molecular flexibility index (Phi) is 5.66. The lowest BCUT2D eigenvalue weighted by molar-refractivity contribution is -0.238. The number of hydrogen-bond acceptors (Lipinski definition) is 7. The van der Waals surface area contributed by atoms with Crippen molar-refractivity contribution in [2.24, 2.45) is 28.6 Å². The van der Waals surface area contributed by atoms with Crippen molar-refractivity contribution in [3.8, 4) is 0 Å². The maximum Gasteiger partial charge on any atom is 0.313 e. The monoisotopic (exact) mass is 446 g/mol. The number of hydrogen-bond donors (Lipinski definition) is 0. The lowest BCUT2D eigenvalue weighted by Crippen LogP contribution is -2.67. The molecule has 3 aliphatic rings. The predicted molar refractivity (Wildman–Crippen MR) is 114 cm³/mol. The van der Waals surface area contributed by atoms with Crippen molar-refractivity contribution >= 4 is 17.9 Å². The minimum atomic E-state index is -0.746. The van der Waals surface area contributed by atoms with Crippen molar-refractivity contribution in [1.82, 2.24) is 0 Å². The van der Waals surface area contributed by atoms with Crippen molar-refractivity contribution in [3.63, 3.8) is 0 Å². The van der Waals surface area contributed by atoms with E-state index in [4.69, 9.17) is 18.6 Å². The number of esters is 3. The van der Waals surface area contributed by atoms with E-state index >= 15 is 0 Å². The topological polar surface area (TPSA) is 92.0 Å². The van der Waals surface area contributed by atoms with Gasteiger partial charge in [0.2, 0.25) is 0 Å². The normalized spacial score (nSPS) is 37.3. The summed E-state index contributed by atoms with van der Waals surface area (Å²) in [6.07, 6.45) is 3.84. The van der Waals surface area contributed by atoms with Crippen LogP contribution in [0.3, 0.4) is 0 Å². The largest absolute Gasteiger partial charge is 0.469 e. The Morgan fingerprint density at radius 3 is 2.31 bits per heavy atom. The summed E-state index contributed by atoms with van der Waals surface area (Å²) in [4.78, 5) is 37.6. The maximum absolute atomic E-state index is 13.1. The van der Waals surface area contributed by atoms with Gasteiger partial charge in [-0.2, -0.15) is 0 Å². The standard InChI is InChI=1S/C25H34O7/c1-13(26)31-20-19-16(12-17-15(8-11-30-17)18(19)23(28)29-6)25(5)10-7-9-24(3,4)22(25)21(20)32-14(2)27/h8,11,16,18-22H,7,9-10,12H2,1-6H3. The van der Waals surface area contributed by atoms with Crippen LogP contribution >= 0.6 is 0 Å². The first-order valence-electron chi connectivity index (χ1n) is 11.5. The van der Waals surface area contributed by atoms with Crippen molar-refractivity contribution in [2.45, 2.75) is 78.4 Å². The molecule has 7 unspecified atom stereocenters. The average Bonchev–Trinajstić information content (AvgIpc) is 3.16. The van der Waals surface area contributed by atoms with Gasteiger partial charge in [0, 0.05) is 37.7 Å². The molecule has 0 radical (unpaired) electrons. The fourth-order valence-corrected chi connectivity index (χ4v) is 7.51. The molecule has 176 valence electrons. The van der Waals surface area contributed by atoms with Gasteiger partial charge in [-0.05, 0) is 35.7 Å². The van der Waals surface area contributed by atoms with Gasteiger partial charge in [0.1, 0.15) is 18.0 Å². The van der Waals surface area contributed by atoms with E-state index in [1.165, 1.54) is 21.0 Å². The molecule has 1 aromatic heterocycles. The molecule has 4 rings (SSSR count). The Balaban J connectivity index is 1.95. The van der Waals surface area contributed by atoms with Gasteiger partial charge in [0.15, 0.2) is 0 Å². The zero-order valence-corrected chi connectivity index (χ0v) is 19.8. The van der Waals surface area contributed by atoms with Gasteiger partial charge in [-0.15, -0.1) is 0 Å². The predicted octanol–water partition coefficient (Wildman–Crippen LogP) is 4.03. The summed E-state index contributed by atoms with van der Waals surface area (Å²) in [5, 5.41) is 0. The van der Waals surface area contributed by atoms with Crippen molar-refractivity contribution in [3.05, 3.63) is 23.7 Å². The fourth-order valence-electron chi connectivity index (χ4n) is 7.51. The molecule has 2 saturated carbocycles. The molecule has 0 spiro atoms. The molecule has 0 saturated heterocycles. The molecule has 0 aromatic carbocycles. The number of furan rings is 1. The second-order valence-corrected chi connectivity index (χ2v) is 10.7. The van der Waals surface area contributed by atoms with E-state index in [1.54, 1.807) is 12.3 Å². The van der Waals surface area contributed by atoms with E-state index in [2.05, 4.69) is 20.8 Å². The van der Waals surface area contributed by atoms with Crippen LogP contribution in [0.5, 0.6) is 0 Å². The summed E-state index contributed by atoms with van der Waals surface area (Å²) >= 11 is 0. The van der Waals surface area contributed by atoms with Crippen molar-refractivity contribution < 1.29 is 33.0 Å². The average molecular weight is 447 g/mol. The Hall–Kier alpha value is -2.31. The van der Waals surface area contributed by atoms with Crippen LogP contribution < -0.4 is 0 Å².